The molecule has 0 aliphatic carbocycles. The van der Waals surface area contributed by atoms with Crippen LogP contribution >= 0.6 is 0 Å². The molecule has 2 aromatic heterocycles. The molecule has 0 radical (unpaired) electrons. The Bertz CT molecular complexity index is 1550. The number of alkyl halides is 3. The van der Waals surface area contributed by atoms with E-state index in [1.54, 1.807) is 32.9 Å². The molecular formula is C26H22F4N4O2S. The first-order chi connectivity index (χ1) is 17.2. The summed E-state index contributed by atoms with van der Waals surface area (Å²) in [5.41, 5.74) is -0.613. The molecule has 37 heavy (non-hydrogen) atoms. The van der Waals surface area contributed by atoms with Crippen molar-refractivity contribution in [2.45, 2.75) is 37.4 Å². The third-order valence-electron chi connectivity index (χ3n) is 5.06. The van der Waals surface area contributed by atoms with E-state index in [1.807, 2.05) is 0 Å². The van der Waals surface area contributed by atoms with Crippen molar-refractivity contribution in [2.75, 3.05) is 0 Å². The van der Waals surface area contributed by atoms with Gasteiger partial charge < -0.3 is 0 Å². The number of nitrogens with one attached hydrogen (secondary N) is 1. The van der Waals surface area contributed by atoms with Crippen LogP contribution < -0.4 is 4.72 Å². The van der Waals surface area contributed by atoms with Crippen molar-refractivity contribution in [1.29, 1.82) is 0 Å². The summed E-state index contributed by atoms with van der Waals surface area (Å²) in [6.07, 6.45) is -3.37. The minimum atomic E-state index is -4.74. The minimum Gasteiger partial charge on any atom is -0.256 e. The average molecular weight is 531 g/mol. The highest BCUT2D eigenvalue weighted by atomic mass is 32.2. The topological polar surface area (TPSA) is 84.8 Å². The van der Waals surface area contributed by atoms with Crippen LogP contribution in [-0.2, 0) is 16.2 Å². The van der Waals surface area contributed by atoms with Gasteiger partial charge in [-0.05, 0) is 75.4 Å². The molecule has 0 saturated carbocycles. The van der Waals surface area contributed by atoms with Crippen molar-refractivity contribution in [3.63, 3.8) is 0 Å². The fraction of sp³-hybridized carbons (Fsp3) is 0.192. The van der Waals surface area contributed by atoms with E-state index in [1.165, 1.54) is 42.6 Å². The number of halogens is 4. The molecule has 0 spiro atoms. The van der Waals surface area contributed by atoms with Crippen LogP contribution in [-0.4, -0.2) is 28.9 Å². The van der Waals surface area contributed by atoms with Crippen molar-refractivity contribution >= 4 is 10.0 Å². The van der Waals surface area contributed by atoms with Gasteiger partial charge in [-0.25, -0.2) is 27.5 Å². The van der Waals surface area contributed by atoms with Gasteiger partial charge in [-0.15, -0.1) is 0 Å². The summed E-state index contributed by atoms with van der Waals surface area (Å²) in [5, 5.41) is 0. The highest BCUT2D eigenvalue weighted by molar-refractivity contribution is 7.89. The summed E-state index contributed by atoms with van der Waals surface area (Å²) in [4.78, 5) is 12.3. The largest absolute Gasteiger partial charge is 0.433 e. The molecule has 0 atom stereocenters. The van der Waals surface area contributed by atoms with E-state index in [0.29, 0.717) is 11.3 Å². The summed E-state index contributed by atoms with van der Waals surface area (Å²) in [6, 6.07) is 14.7. The van der Waals surface area contributed by atoms with Crippen LogP contribution in [0.3, 0.4) is 0 Å². The molecule has 1 N–H and O–H groups in total. The van der Waals surface area contributed by atoms with Gasteiger partial charge in [-0.2, -0.15) is 13.2 Å². The number of aromatic nitrogens is 3. The normalized spacial score (nSPS) is 12.5. The number of hydrogen-bond acceptors (Lipinski definition) is 5. The quantitative estimate of drug-likeness (QED) is 0.315. The number of sulfonamides is 1. The van der Waals surface area contributed by atoms with Gasteiger partial charge in [0.05, 0.1) is 16.3 Å². The standard InChI is InChI=1S/C26H22F4N4O2S/c1-25(2,3)34-37(35,36)20-6-4-5-17(13-20)21-14-18(11-12-31-21)24-32-22(15-23(33-24)26(28,29)30)16-7-9-19(27)10-8-16/h4-15,34H,1-3H3. The highest BCUT2D eigenvalue weighted by Gasteiger charge is 2.34. The second-order valence-electron chi connectivity index (χ2n) is 9.28. The number of benzene rings is 2. The number of rotatable bonds is 5. The lowest BCUT2D eigenvalue weighted by Crippen LogP contribution is -2.40. The van der Waals surface area contributed by atoms with Crippen LogP contribution in [0, 0.1) is 5.82 Å². The maximum absolute atomic E-state index is 13.6. The lowest BCUT2D eigenvalue weighted by molar-refractivity contribution is -0.141. The number of nitrogens with zero attached hydrogens (tertiary/aromatic N) is 3. The Balaban J connectivity index is 1.79. The third-order valence-corrected chi connectivity index (χ3v) is 6.81. The van der Waals surface area contributed by atoms with Gasteiger partial charge in [0.2, 0.25) is 10.0 Å². The fourth-order valence-corrected chi connectivity index (χ4v) is 4.97. The van der Waals surface area contributed by atoms with E-state index < -0.39 is 33.2 Å². The van der Waals surface area contributed by atoms with Gasteiger partial charge in [-0.3, -0.25) is 4.98 Å². The number of hydrogen-bond donors (Lipinski definition) is 1. The summed E-state index contributed by atoms with van der Waals surface area (Å²) >= 11 is 0. The first-order valence-corrected chi connectivity index (χ1v) is 12.5. The Morgan fingerprint density at radius 3 is 2.14 bits per heavy atom. The number of pyridine rings is 1. The molecular weight excluding hydrogens is 508 g/mol. The molecule has 4 aromatic rings. The summed E-state index contributed by atoms with van der Waals surface area (Å²) < 4.78 is 82.4. The van der Waals surface area contributed by atoms with Crippen LogP contribution in [0.2, 0.25) is 0 Å². The van der Waals surface area contributed by atoms with Gasteiger partial charge >= 0.3 is 6.18 Å². The van der Waals surface area contributed by atoms with E-state index in [2.05, 4.69) is 19.7 Å². The van der Waals surface area contributed by atoms with Crippen molar-refractivity contribution < 1.29 is 26.0 Å². The van der Waals surface area contributed by atoms with E-state index in [0.717, 1.165) is 18.2 Å². The van der Waals surface area contributed by atoms with Gasteiger partial charge in [0.25, 0.3) is 0 Å². The highest BCUT2D eigenvalue weighted by Crippen LogP contribution is 2.33. The van der Waals surface area contributed by atoms with Crippen LogP contribution in [0.1, 0.15) is 26.5 Å². The maximum Gasteiger partial charge on any atom is 0.433 e. The molecule has 0 aliphatic heterocycles. The third kappa shape index (κ3) is 6.36. The SMILES string of the molecule is CC(C)(C)NS(=O)(=O)c1cccc(-c2cc(-c3nc(-c4ccc(F)cc4)cc(C(F)(F)F)n3)ccn2)c1. The van der Waals surface area contributed by atoms with E-state index in [-0.39, 0.29) is 27.5 Å². The first-order valence-electron chi connectivity index (χ1n) is 11.0. The summed E-state index contributed by atoms with van der Waals surface area (Å²) in [6.45, 7) is 5.15. The molecule has 192 valence electrons. The second-order valence-corrected chi connectivity index (χ2v) is 11.0. The summed E-state index contributed by atoms with van der Waals surface area (Å²) in [5.74, 6) is -0.745. The molecule has 2 aromatic carbocycles. The molecule has 11 heteroatoms. The molecule has 0 unspecified atom stereocenters. The van der Waals surface area contributed by atoms with Crippen molar-refractivity contribution in [1.82, 2.24) is 19.7 Å². The zero-order chi connectivity index (χ0) is 27.0. The zero-order valence-corrected chi connectivity index (χ0v) is 20.8. The molecule has 0 amide bonds. The first kappa shape index (κ1) is 26.4. The van der Waals surface area contributed by atoms with Crippen molar-refractivity contribution in [3.8, 4) is 33.9 Å². The molecule has 4 rings (SSSR count). The van der Waals surface area contributed by atoms with Gasteiger partial charge in [0.1, 0.15) is 11.5 Å². The monoisotopic (exact) mass is 530 g/mol. The molecule has 2 heterocycles. The molecule has 6 nitrogen and oxygen atoms in total. The Kier molecular flexibility index (Phi) is 6.87. The molecule has 0 saturated heterocycles. The van der Waals surface area contributed by atoms with E-state index in [9.17, 15) is 26.0 Å². The Morgan fingerprint density at radius 1 is 0.784 bits per heavy atom. The van der Waals surface area contributed by atoms with Gasteiger partial charge in [-0.1, -0.05) is 12.1 Å². The van der Waals surface area contributed by atoms with Crippen LogP contribution in [0.25, 0.3) is 33.9 Å². The Hall–Kier alpha value is -3.70. The maximum atomic E-state index is 13.6. The minimum absolute atomic E-state index is 0.0149. The van der Waals surface area contributed by atoms with E-state index >= 15 is 0 Å². The molecule has 0 bridgehead atoms. The van der Waals surface area contributed by atoms with Gasteiger partial charge in [0, 0.05) is 28.4 Å². The van der Waals surface area contributed by atoms with Crippen molar-refractivity contribution in [2.24, 2.45) is 0 Å². The molecule has 0 fully saturated rings. The lowest BCUT2D eigenvalue weighted by Gasteiger charge is -2.20. The van der Waals surface area contributed by atoms with E-state index in [4.69, 9.17) is 0 Å². The molecule has 0 aliphatic rings. The lowest BCUT2D eigenvalue weighted by atomic mass is 10.1. The average Bonchev–Trinajstić information content (AvgIpc) is 2.82. The fourth-order valence-electron chi connectivity index (χ4n) is 3.50. The zero-order valence-electron chi connectivity index (χ0n) is 20.0. The predicted molar refractivity (Wildman–Crippen MR) is 131 cm³/mol. The Labute approximate surface area is 211 Å². The Morgan fingerprint density at radius 2 is 1.49 bits per heavy atom. The van der Waals surface area contributed by atoms with Crippen LogP contribution in [0.15, 0.2) is 77.8 Å². The van der Waals surface area contributed by atoms with Crippen molar-refractivity contribution in [3.05, 3.63) is 84.4 Å². The van der Waals surface area contributed by atoms with Crippen LogP contribution in [0.5, 0.6) is 0 Å². The van der Waals surface area contributed by atoms with Crippen LogP contribution in [0.4, 0.5) is 17.6 Å². The van der Waals surface area contributed by atoms with Gasteiger partial charge in [0.15, 0.2) is 5.82 Å². The predicted octanol–water partition coefficient (Wildman–Crippen LogP) is 6.11. The smallest absolute Gasteiger partial charge is 0.256 e. The summed E-state index contributed by atoms with van der Waals surface area (Å²) in [7, 11) is -3.83. The second kappa shape index (κ2) is 9.64.